The lowest BCUT2D eigenvalue weighted by atomic mass is 10.2. The predicted molar refractivity (Wildman–Crippen MR) is 98.4 cm³/mol. The van der Waals surface area contributed by atoms with Crippen molar-refractivity contribution in [3.05, 3.63) is 88.8 Å². The number of benzene rings is 2. The SMILES string of the molecule is O=C(NCc1ccccc1Cl)c1cnc(NCc2ccccc2)cn1. The fourth-order valence-corrected chi connectivity index (χ4v) is 2.44. The molecule has 126 valence electrons. The first-order valence-corrected chi connectivity index (χ1v) is 8.21. The standard InChI is InChI=1S/C19H17ClN4O/c20-16-9-5-4-8-15(16)11-24-19(25)17-12-23-18(13-21-17)22-10-14-6-2-1-3-7-14/h1-9,12-13H,10-11H2,(H,22,23)(H,24,25). The van der Waals surface area contributed by atoms with Crippen LogP contribution < -0.4 is 10.6 Å². The minimum Gasteiger partial charge on any atom is -0.365 e. The van der Waals surface area contributed by atoms with Crippen LogP contribution in [0.15, 0.2) is 67.0 Å². The maximum absolute atomic E-state index is 12.1. The summed E-state index contributed by atoms with van der Waals surface area (Å²) in [7, 11) is 0. The Bertz CT molecular complexity index is 838. The number of hydrogen-bond acceptors (Lipinski definition) is 4. The Kier molecular flexibility index (Phi) is 5.59. The highest BCUT2D eigenvalue weighted by atomic mass is 35.5. The summed E-state index contributed by atoms with van der Waals surface area (Å²) in [5.41, 5.74) is 2.26. The van der Waals surface area contributed by atoms with E-state index in [4.69, 9.17) is 11.6 Å². The Morgan fingerprint density at radius 2 is 1.68 bits per heavy atom. The second kappa shape index (κ2) is 8.26. The molecule has 2 aromatic carbocycles. The van der Waals surface area contributed by atoms with Crippen molar-refractivity contribution < 1.29 is 4.79 Å². The molecule has 1 heterocycles. The van der Waals surface area contributed by atoms with E-state index in [1.54, 1.807) is 12.3 Å². The lowest BCUT2D eigenvalue weighted by Gasteiger charge is -2.08. The number of amides is 1. The molecule has 2 N–H and O–H groups in total. The van der Waals surface area contributed by atoms with Crippen molar-refractivity contribution in [2.45, 2.75) is 13.1 Å². The number of anilines is 1. The first-order valence-electron chi connectivity index (χ1n) is 7.84. The molecule has 6 heteroatoms. The number of nitrogens with zero attached hydrogens (tertiary/aromatic N) is 2. The van der Waals surface area contributed by atoms with Crippen LogP contribution in [0.1, 0.15) is 21.6 Å². The molecule has 0 aliphatic carbocycles. The molecule has 3 rings (SSSR count). The van der Waals surface area contributed by atoms with Crippen LogP contribution in [0.3, 0.4) is 0 Å². The van der Waals surface area contributed by atoms with Gasteiger partial charge in [-0.1, -0.05) is 60.1 Å². The number of carbonyl (C=O) groups excluding carboxylic acids is 1. The summed E-state index contributed by atoms with van der Waals surface area (Å²) >= 11 is 6.07. The van der Waals surface area contributed by atoms with Crippen LogP contribution in [0, 0.1) is 0 Å². The second-order valence-corrected chi connectivity index (χ2v) is 5.81. The van der Waals surface area contributed by atoms with Crippen LogP contribution in [0.25, 0.3) is 0 Å². The smallest absolute Gasteiger partial charge is 0.271 e. The predicted octanol–water partition coefficient (Wildman–Crippen LogP) is 3.67. The van der Waals surface area contributed by atoms with E-state index < -0.39 is 0 Å². The molecule has 1 aromatic heterocycles. The molecular formula is C19H17ClN4O. The van der Waals surface area contributed by atoms with Gasteiger partial charge >= 0.3 is 0 Å². The molecule has 0 unspecified atom stereocenters. The van der Waals surface area contributed by atoms with Gasteiger partial charge in [-0.25, -0.2) is 9.97 Å². The number of carbonyl (C=O) groups is 1. The van der Waals surface area contributed by atoms with E-state index in [1.807, 2.05) is 48.5 Å². The van der Waals surface area contributed by atoms with Crippen molar-refractivity contribution in [3.8, 4) is 0 Å². The number of nitrogens with one attached hydrogen (secondary N) is 2. The molecule has 25 heavy (non-hydrogen) atoms. The van der Waals surface area contributed by atoms with Gasteiger partial charge in [0.1, 0.15) is 11.5 Å². The fraction of sp³-hybridized carbons (Fsp3) is 0.105. The normalized spacial score (nSPS) is 10.3. The average Bonchev–Trinajstić information content (AvgIpc) is 2.67. The van der Waals surface area contributed by atoms with Gasteiger partial charge in [-0.15, -0.1) is 0 Å². The highest BCUT2D eigenvalue weighted by Crippen LogP contribution is 2.14. The molecule has 0 aliphatic rings. The molecule has 0 atom stereocenters. The Labute approximate surface area is 151 Å². The molecule has 0 fully saturated rings. The summed E-state index contributed by atoms with van der Waals surface area (Å²) < 4.78 is 0. The average molecular weight is 353 g/mol. The first kappa shape index (κ1) is 16.9. The third kappa shape index (κ3) is 4.78. The van der Waals surface area contributed by atoms with Crippen LogP contribution >= 0.6 is 11.6 Å². The van der Waals surface area contributed by atoms with Gasteiger partial charge in [0.2, 0.25) is 0 Å². The van der Waals surface area contributed by atoms with Gasteiger partial charge < -0.3 is 10.6 Å². The fourth-order valence-electron chi connectivity index (χ4n) is 2.23. The lowest BCUT2D eigenvalue weighted by molar-refractivity contribution is 0.0945. The minimum atomic E-state index is -0.290. The highest BCUT2D eigenvalue weighted by molar-refractivity contribution is 6.31. The second-order valence-electron chi connectivity index (χ2n) is 5.40. The van der Waals surface area contributed by atoms with Crippen molar-refractivity contribution in [3.63, 3.8) is 0 Å². The zero-order chi connectivity index (χ0) is 17.5. The van der Waals surface area contributed by atoms with Crippen LogP contribution in [0.5, 0.6) is 0 Å². The van der Waals surface area contributed by atoms with Crippen LogP contribution in [0.2, 0.25) is 5.02 Å². The highest BCUT2D eigenvalue weighted by Gasteiger charge is 2.08. The molecule has 5 nitrogen and oxygen atoms in total. The topological polar surface area (TPSA) is 66.9 Å². The van der Waals surface area contributed by atoms with Crippen molar-refractivity contribution in [2.24, 2.45) is 0 Å². The third-order valence-corrected chi connectivity index (χ3v) is 3.97. The number of rotatable bonds is 6. The molecule has 0 saturated carbocycles. The lowest BCUT2D eigenvalue weighted by Crippen LogP contribution is -2.24. The first-order chi connectivity index (χ1) is 12.2. The van der Waals surface area contributed by atoms with Crippen molar-refractivity contribution in [1.82, 2.24) is 15.3 Å². The Morgan fingerprint density at radius 1 is 0.920 bits per heavy atom. The van der Waals surface area contributed by atoms with Crippen LogP contribution in [0.4, 0.5) is 5.82 Å². The van der Waals surface area contributed by atoms with E-state index in [1.165, 1.54) is 6.20 Å². The number of aromatic nitrogens is 2. The Hall–Kier alpha value is -2.92. The summed E-state index contributed by atoms with van der Waals surface area (Å²) in [5, 5.41) is 6.58. The van der Waals surface area contributed by atoms with E-state index in [0.29, 0.717) is 23.9 Å². The van der Waals surface area contributed by atoms with Gasteiger partial charge in [-0.2, -0.15) is 0 Å². The molecule has 0 radical (unpaired) electrons. The molecule has 3 aromatic rings. The van der Waals surface area contributed by atoms with Gasteiger partial charge in [-0.3, -0.25) is 4.79 Å². The van der Waals surface area contributed by atoms with Gasteiger partial charge in [-0.05, 0) is 17.2 Å². The molecule has 0 spiro atoms. The Balaban J connectivity index is 1.54. The molecule has 0 aliphatic heterocycles. The third-order valence-electron chi connectivity index (χ3n) is 3.60. The minimum absolute atomic E-state index is 0.261. The maximum atomic E-state index is 12.1. The summed E-state index contributed by atoms with van der Waals surface area (Å²) in [6.07, 6.45) is 3.00. The monoisotopic (exact) mass is 352 g/mol. The summed E-state index contributed by atoms with van der Waals surface area (Å²) in [6.45, 7) is 0.988. The van der Waals surface area contributed by atoms with Crippen LogP contribution in [-0.4, -0.2) is 15.9 Å². The van der Waals surface area contributed by atoms with Crippen molar-refractivity contribution in [1.29, 1.82) is 0 Å². The maximum Gasteiger partial charge on any atom is 0.271 e. The molecule has 0 saturated heterocycles. The quantitative estimate of drug-likeness (QED) is 0.710. The summed E-state index contributed by atoms with van der Waals surface area (Å²) in [4.78, 5) is 20.5. The largest absolute Gasteiger partial charge is 0.365 e. The zero-order valence-electron chi connectivity index (χ0n) is 13.4. The zero-order valence-corrected chi connectivity index (χ0v) is 14.2. The van der Waals surface area contributed by atoms with E-state index in [2.05, 4.69) is 20.6 Å². The van der Waals surface area contributed by atoms with Gasteiger partial charge in [0.05, 0.1) is 12.4 Å². The van der Waals surface area contributed by atoms with E-state index in [9.17, 15) is 4.79 Å². The van der Waals surface area contributed by atoms with Crippen molar-refractivity contribution in [2.75, 3.05) is 5.32 Å². The number of halogens is 1. The van der Waals surface area contributed by atoms with E-state index in [0.717, 1.165) is 11.1 Å². The summed E-state index contributed by atoms with van der Waals surface area (Å²) in [5.74, 6) is 0.327. The van der Waals surface area contributed by atoms with Crippen molar-refractivity contribution >= 4 is 23.3 Å². The summed E-state index contributed by atoms with van der Waals surface area (Å²) in [6, 6.07) is 17.4. The van der Waals surface area contributed by atoms with Gasteiger partial charge in [0.15, 0.2) is 0 Å². The van der Waals surface area contributed by atoms with Gasteiger partial charge in [0.25, 0.3) is 5.91 Å². The molecule has 1 amide bonds. The molecule has 0 bridgehead atoms. The number of hydrogen-bond donors (Lipinski definition) is 2. The van der Waals surface area contributed by atoms with Gasteiger partial charge in [0, 0.05) is 18.1 Å². The Morgan fingerprint density at radius 3 is 2.40 bits per heavy atom. The van der Waals surface area contributed by atoms with Crippen LogP contribution in [-0.2, 0) is 13.1 Å². The molecular weight excluding hydrogens is 336 g/mol. The van der Waals surface area contributed by atoms with E-state index >= 15 is 0 Å². The van der Waals surface area contributed by atoms with E-state index in [-0.39, 0.29) is 11.6 Å².